The van der Waals surface area contributed by atoms with E-state index in [1.165, 1.54) is 99.3 Å². The van der Waals surface area contributed by atoms with E-state index >= 15 is 0 Å². The highest BCUT2D eigenvalue weighted by Crippen LogP contribution is 2.39. The van der Waals surface area contributed by atoms with Gasteiger partial charge in [-0.15, -0.1) is 0 Å². The van der Waals surface area contributed by atoms with E-state index in [0.29, 0.717) is 12.5 Å². The van der Waals surface area contributed by atoms with E-state index in [0.717, 1.165) is 64.0 Å². The van der Waals surface area contributed by atoms with Gasteiger partial charge in [0.05, 0.1) is 13.7 Å². The van der Waals surface area contributed by atoms with Crippen LogP contribution in [0.2, 0.25) is 0 Å². The van der Waals surface area contributed by atoms with Gasteiger partial charge in [-0.25, -0.2) is 0 Å². The summed E-state index contributed by atoms with van der Waals surface area (Å²) in [6.07, 6.45) is 26.1. The van der Waals surface area contributed by atoms with Gasteiger partial charge >= 0.3 is 0 Å². The van der Waals surface area contributed by atoms with Gasteiger partial charge < -0.3 is 14.4 Å². The molecule has 0 aromatic heterocycles. The summed E-state index contributed by atoms with van der Waals surface area (Å²) in [7, 11) is 1.77. The van der Waals surface area contributed by atoms with Crippen LogP contribution in [-0.4, -0.2) is 13.7 Å². The van der Waals surface area contributed by atoms with Gasteiger partial charge in [-0.2, -0.15) is 0 Å². The van der Waals surface area contributed by atoms with Gasteiger partial charge in [0.25, 0.3) is 0 Å². The van der Waals surface area contributed by atoms with Gasteiger partial charge in [-0.1, -0.05) is 218 Å². The topological polar surface area (TPSA) is 21.7 Å². The molecule has 1 atom stereocenters. The van der Waals surface area contributed by atoms with Crippen LogP contribution in [-0.2, 0) is 11.8 Å². The number of methoxy groups -OCH3 is 1. The number of rotatable bonds is 28. The highest BCUT2D eigenvalue weighted by molar-refractivity contribution is 5.81. The molecular weight excluding hydrogens is 815 g/mol. The standard InChI is InChI=1S/C64H87NO2/c1-12-15-17-19-44-64(9,10)57-33-39-60(40-34-57)65(59-37-31-54(32-38-59)53-28-23-51(14-3)24-29-53)58-35-26-52(27-36-58)25-30-55-48-62(67-46-42-50(6)22-20-21-49(4)5)56(47-61(55)66-11)41-45-63(7,8)43-18-16-13-2/h23-41,45,47-50H,12-22,42-44,46H2,1-11H3. The van der Waals surface area contributed by atoms with E-state index < -0.39 is 0 Å². The van der Waals surface area contributed by atoms with E-state index in [4.69, 9.17) is 9.47 Å². The highest BCUT2D eigenvalue weighted by Gasteiger charge is 2.22. The lowest BCUT2D eigenvalue weighted by molar-refractivity contribution is 0.275. The van der Waals surface area contributed by atoms with Crippen LogP contribution in [0.5, 0.6) is 11.5 Å². The Bertz CT molecular complexity index is 2240. The first-order valence-electron chi connectivity index (χ1n) is 26.2. The molecule has 0 aliphatic heterocycles. The second kappa shape index (κ2) is 26.5. The number of aryl methyl sites for hydroxylation is 1. The molecule has 3 nitrogen and oxygen atoms in total. The predicted molar refractivity (Wildman–Crippen MR) is 295 cm³/mol. The molecule has 0 aliphatic carbocycles. The third-order valence-electron chi connectivity index (χ3n) is 13.8. The quantitative estimate of drug-likeness (QED) is 0.0369. The molecule has 360 valence electrons. The summed E-state index contributed by atoms with van der Waals surface area (Å²) in [6.45, 7) is 23.9. The maximum Gasteiger partial charge on any atom is 0.127 e. The summed E-state index contributed by atoms with van der Waals surface area (Å²) in [4.78, 5) is 2.38. The zero-order chi connectivity index (χ0) is 48.2. The van der Waals surface area contributed by atoms with Crippen molar-refractivity contribution in [2.75, 3.05) is 18.6 Å². The van der Waals surface area contributed by atoms with Gasteiger partial charge in [-0.05, 0) is 125 Å². The van der Waals surface area contributed by atoms with Crippen molar-refractivity contribution in [1.29, 1.82) is 0 Å². The zero-order valence-electron chi connectivity index (χ0n) is 43.7. The van der Waals surface area contributed by atoms with E-state index in [2.05, 4.69) is 208 Å². The van der Waals surface area contributed by atoms with E-state index in [-0.39, 0.29) is 10.8 Å². The third kappa shape index (κ3) is 16.6. The maximum absolute atomic E-state index is 6.66. The normalized spacial score (nSPS) is 12.7. The average Bonchev–Trinajstić information content (AvgIpc) is 3.32. The fraction of sp³-hybridized carbons (Fsp3) is 0.469. The Balaban J connectivity index is 1.43. The summed E-state index contributed by atoms with van der Waals surface area (Å²) < 4.78 is 12.7. The Morgan fingerprint density at radius 3 is 1.70 bits per heavy atom. The molecule has 3 heteroatoms. The van der Waals surface area contributed by atoms with Gasteiger partial charge in [0, 0.05) is 28.2 Å². The summed E-state index contributed by atoms with van der Waals surface area (Å²) >= 11 is 0. The molecule has 0 N–H and O–H groups in total. The fourth-order valence-electron chi connectivity index (χ4n) is 9.08. The third-order valence-corrected chi connectivity index (χ3v) is 13.8. The monoisotopic (exact) mass is 902 g/mol. The summed E-state index contributed by atoms with van der Waals surface area (Å²) in [5, 5.41) is 0. The number of ether oxygens (including phenoxy) is 2. The van der Waals surface area contributed by atoms with E-state index in [1.807, 2.05) is 0 Å². The number of nitrogens with zero attached hydrogens (tertiary/aromatic N) is 1. The molecule has 5 rings (SSSR count). The smallest absolute Gasteiger partial charge is 0.127 e. The Hall–Kier alpha value is -5.02. The first kappa shape index (κ1) is 52.9. The van der Waals surface area contributed by atoms with Crippen molar-refractivity contribution in [2.24, 2.45) is 17.3 Å². The second-order valence-electron chi connectivity index (χ2n) is 21.1. The molecule has 67 heavy (non-hydrogen) atoms. The van der Waals surface area contributed by atoms with Crippen LogP contribution in [0.3, 0.4) is 0 Å². The molecular formula is C64H87NO2. The first-order valence-corrected chi connectivity index (χ1v) is 26.2. The fourth-order valence-corrected chi connectivity index (χ4v) is 9.08. The Morgan fingerprint density at radius 1 is 0.552 bits per heavy atom. The largest absolute Gasteiger partial charge is 0.496 e. The van der Waals surface area contributed by atoms with Crippen LogP contribution in [0.1, 0.15) is 181 Å². The molecule has 0 radical (unpaired) electrons. The lowest BCUT2D eigenvalue weighted by Gasteiger charge is -2.29. The van der Waals surface area contributed by atoms with Crippen molar-refractivity contribution < 1.29 is 9.47 Å². The van der Waals surface area contributed by atoms with Crippen molar-refractivity contribution in [2.45, 2.75) is 165 Å². The van der Waals surface area contributed by atoms with Crippen LogP contribution in [0, 0.1) is 17.3 Å². The molecule has 0 saturated carbocycles. The Morgan fingerprint density at radius 2 is 1.10 bits per heavy atom. The zero-order valence-corrected chi connectivity index (χ0v) is 43.7. The molecule has 0 heterocycles. The predicted octanol–water partition coefficient (Wildman–Crippen LogP) is 19.7. The molecule has 1 unspecified atom stereocenters. The van der Waals surface area contributed by atoms with E-state index in [9.17, 15) is 0 Å². The second-order valence-corrected chi connectivity index (χ2v) is 21.1. The molecule has 0 fully saturated rings. The van der Waals surface area contributed by atoms with Crippen LogP contribution >= 0.6 is 0 Å². The number of allylic oxidation sites excluding steroid dienone is 1. The van der Waals surface area contributed by atoms with Crippen LogP contribution in [0.4, 0.5) is 17.1 Å². The lowest BCUT2D eigenvalue weighted by atomic mass is 9.80. The van der Waals surface area contributed by atoms with Crippen molar-refractivity contribution in [1.82, 2.24) is 0 Å². The van der Waals surface area contributed by atoms with Gasteiger partial charge in [0.15, 0.2) is 0 Å². The maximum atomic E-state index is 6.66. The molecule has 0 bridgehead atoms. The minimum Gasteiger partial charge on any atom is -0.496 e. The van der Waals surface area contributed by atoms with Gasteiger partial charge in [0.2, 0.25) is 0 Å². The molecule has 0 spiro atoms. The minimum absolute atomic E-state index is 0.101. The number of hydrogen-bond donors (Lipinski definition) is 0. The molecule has 0 aliphatic rings. The number of unbranched alkanes of at least 4 members (excludes halogenated alkanes) is 5. The SMILES string of the molecule is CCCCCCC(C)(C)c1ccc(N(c2ccc(C=Cc3cc(OCCC(C)CCCC(C)C)c(C=CC(C)(C)CCCCC)cc3OC)cc2)c2ccc(-c3ccc(CC)cc3)cc2)cc1. The van der Waals surface area contributed by atoms with Gasteiger partial charge in [0.1, 0.15) is 11.5 Å². The Labute approximate surface area is 409 Å². The van der Waals surface area contributed by atoms with Crippen molar-refractivity contribution in [3.05, 3.63) is 143 Å². The molecule has 5 aromatic rings. The van der Waals surface area contributed by atoms with E-state index in [1.54, 1.807) is 7.11 Å². The van der Waals surface area contributed by atoms with Gasteiger partial charge in [-0.3, -0.25) is 0 Å². The van der Waals surface area contributed by atoms with Crippen molar-refractivity contribution in [3.8, 4) is 22.6 Å². The molecule has 0 amide bonds. The number of anilines is 3. The van der Waals surface area contributed by atoms with Crippen LogP contribution in [0.25, 0.3) is 29.4 Å². The summed E-state index contributed by atoms with van der Waals surface area (Å²) in [5.74, 6) is 3.14. The highest BCUT2D eigenvalue weighted by atomic mass is 16.5. The minimum atomic E-state index is 0.101. The van der Waals surface area contributed by atoms with Crippen LogP contribution in [0.15, 0.2) is 115 Å². The van der Waals surface area contributed by atoms with Crippen molar-refractivity contribution in [3.63, 3.8) is 0 Å². The average molecular weight is 902 g/mol. The number of benzene rings is 5. The summed E-state index contributed by atoms with van der Waals surface area (Å²) in [5.41, 5.74) is 12.0. The summed E-state index contributed by atoms with van der Waals surface area (Å²) in [6, 6.07) is 40.5. The number of hydrogen-bond acceptors (Lipinski definition) is 3. The first-order chi connectivity index (χ1) is 32.2. The van der Waals surface area contributed by atoms with Crippen molar-refractivity contribution >= 4 is 35.3 Å². The molecule has 0 saturated heterocycles. The van der Waals surface area contributed by atoms with Crippen LogP contribution < -0.4 is 14.4 Å². The molecule has 5 aromatic carbocycles. The lowest BCUT2D eigenvalue weighted by Crippen LogP contribution is -2.17. The Kier molecular flexibility index (Phi) is 20.9.